The monoisotopic (exact) mass is 276 g/mol. The van der Waals surface area contributed by atoms with Crippen LogP contribution in [-0.4, -0.2) is 38.2 Å². The molecule has 0 aromatic heterocycles. The fourth-order valence-corrected chi connectivity index (χ4v) is 2.66. The predicted octanol–water partition coefficient (Wildman–Crippen LogP) is 3.48. The molecule has 112 valence electrons. The van der Waals surface area contributed by atoms with Crippen LogP contribution >= 0.6 is 0 Å². The standard InChI is InChI=1S/C17H28N2O/c1-14(2)13-20-17-8-4-7-16(10-17)18-11-15-6-5-9-19(3)12-15/h4,7-8,10,14-15,18H,5-6,9,11-13H2,1-3H3. The third kappa shape index (κ3) is 5.04. The van der Waals surface area contributed by atoms with E-state index in [4.69, 9.17) is 4.74 Å². The Balaban J connectivity index is 1.81. The lowest BCUT2D eigenvalue weighted by Crippen LogP contribution is -2.35. The number of nitrogens with one attached hydrogen (secondary N) is 1. The van der Waals surface area contributed by atoms with Gasteiger partial charge in [0.25, 0.3) is 0 Å². The zero-order chi connectivity index (χ0) is 14.4. The molecular weight excluding hydrogens is 248 g/mol. The van der Waals surface area contributed by atoms with Crippen LogP contribution in [0.1, 0.15) is 26.7 Å². The van der Waals surface area contributed by atoms with Gasteiger partial charge < -0.3 is 15.0 Å². The number of ether oxygens (including phenoxy) is 1. The van der Waals surface area contributed by atoms with Gasteiger partial charge in [0, 0.05) is 24.8 Å². The van der Waals surface area contributed by atoms with Gasteiger partial charge in [0.15, 0.2) is 0 Å². The molecule has 3 nitrogen and oxygen atoms in total. The minimum Gasteiger partial charge on any atom is -0.493 e. The molecule has 1 aliphatic rings. The van der Waals surface area contributed by atoms with Crippen molar-refractivity contribution in [3.63, 3.8) is 0 Å². The molecule has 20 heavy (non-hydrogen) atoms. The summed E-state index contributed by atoms with van der Waals surface area (Å²) >= 11 is 0. The Morgan fingerprint density at radius 2 is 2.25 bits per heavy atom. The summed E-state index contributed by atoms with van der Waals surface area (Å²) in [5.74, 6) is 2.28. The maximum atomic E-state index is 5.77. The predicted molar refractivity (Wildman–Crippen MR) is 85.5 cm³/mol. The Morgan fingerprint density at radius 1 is 1.40 bits per heavy atom. The second-order valence-electron chi connectivity index (χ2n) is 6.38. The number of nitrogens with zero attached hydrogens (tertiary/aromatic N) is 1. The van der Waals surface area contributed by atoms with Crippen molar-refractivity contribution in [2.75, 3.05) is 38.6 Å². The number of likely N-dealkylation sites (tertiary alicyclic amines) is 1. The molecule has 0 spiro atoms. The summed E-state index contributed by atoms with van der Waals surface area (Å²) in [6.07, 6.45) is 2.65. The van der Waals surface area contributed by atoms with E-state index in [1.54, 1.807) is 0 Å². The van der Waals surface area contributed by atoms with Crippen molar-refractivity contribution in [2.24, 2.45) is 11.8 Å². The van der Waals surface area contributed by atoms with E-state index in [-0.39, 0.29) is 0 Å². The van der Waals surface area contributed by atoms with Crippen LogP contribution in [0.25, 0.3) is 0 Å². The molecule has 2 rings (SSSR count). The highest BCUT2D eigenvalue weighted by Crippen LogP contribution is 2.20. The Hall–Kier alpha value is -1.22. The Bertz CT molecular complexity index is 406. The van der Waals surface area contributed by atoms with E-state index in [1.807, 2.05) is 6.07 Å². The van der Waals surface area contributed by atoms with Crippen LogP contribution in [0.4, 0.5) is 5.69 Å². The molecule has 1 unspecified atom stereocenters. The van der Waals surface area contributed by atoms with Gasteiger partial charge in [0.1, 0.15) is 5.75 Å². The van der Waals surface area contributed by atoms with Gasteiger partial charge in [0.2, 0.25) is 0 Å². The van der Waals surface area contributed by atoms with Crippen LogP contribution < -0.4 is 10.1 Å². The molecule has 0 radical (unpaired) electrons. The number of hydrogen-bond acceptors (Lipinski definition) is 3. The summed E-state index contributed by atoms with van der Waals surface area (Å²) in [4.78, 5) is 2.43. The van der Waals surface area contributed by atoms with Crippen LogP contribution in [0.5, 0.6) is 5.75 Å². The van der Waals surface area contributed by atoms with Gasteiger partial charge in [-0.05, 0) is 50.4 Å². The van der Waals surface area contributed by atoms with Crippen LogP contribution in [0.15, 0.2) is 24.3 Å². The highest BCUT2D eigenvalue weighted by molar-refractivity contribution is 5.48. The Morgan fingerprint density at radius 3 is 3.00 bits per heavy atom. The smallest absolute Gasteiger partial charge is 0.121 e. The first-order valence-electron chi connectivity index (χ1n) is 7.79. The lowest BCUT2D eigenvalue weighted by molar-refractivity contribution is 0.217. The topological polar surface area (TPSA) is 24.5 Å². The minimum atomic E-state index is 0.560. The van der Waals surface area contributed by atoms with Gasteiger partial charge in [-0.15, -0.1) is 0 Å². The lowest BCUT2D eigenvalue weighted by Gasteiger charge is -2.30. The van der Waals surface area contributed by atoms with Gasteiger partial charge in [-0.3, -0.25) is 0 Å². The van der Waals surface area contributed by atoms with Crippen molar-refractivity contribution >= 4 is 5.69 Å². The van der Waals surface area contributed by atoms with Gasteiger partial charge in [-0.2, -0.15) is 0 Å². The molecule has 1 heterocycles. The van der Waals surface area contributed by atoms with Crippen molar-refractivity contribution < 1.29 is 4.74 Å². The Labute approximate surface area is 123 Å². The summed E-state index contributed by atoms with van der Waals surface area (Å²) in [7, 11) is 2.21. The summed E-state index contributed by atoms with van der Waals surface area (Å²) in [6, 6.07) is 8.32. The molecule has 1 atom stereocenters. The molecule has 3 heteroatoms. The number of hydrogen-bond donors (Lipinski definition) is 1. The first-order valence-corrected chi connectivity index (χ1v) is 7.79. The van der Waals surface area contributed by atoms with Crippen molar-refractivity contribution in [1.29, 1.82) is 0 Å². The molecule has 1 fully saturated rings. The van der Waals surface area contributed by atoms with Crippen molar-refractivity contribution in [3.8, 4) is 5.75 Å². The van der Waals surface area contributed by atoms with E-state index < -0.39 is 0 Å². The van der Waals surface area contributed by atoms with E-state index in [0.717, 1.165) is 24.8 Å². The molecular formula is C17H28N2O. The summed E-state index contributed by atoms with van der Waals surface area (Å²) in [5, 5.41) is 3.56. The molecule has 1 N–H and O–H groups in total. The van der Waals surface area contributed by atoms with Crippen molar-refractivity contribution in [2.45, 2.75) is 26.7 Å². The average molecular weight is 276 g/mol. The fraction of sp³-hybridized carbons (Fsp3) is 0.647. The number of anilines is 1. The third-order valence-corrected chi connectivity index (χ3v) is 3.73. The highest BCUT2D eigenvalue weighted by atomic mass is 16.5. The first kappa shape index (κ1) is 15.2. The normalized spacial score (nSPS) is 20.1. The molecule has 1 aromatic rings. The third-order valence-electron chi connectivity index (χ3n) is 3.73. The van der Waals surface area contributed by atoms with Gasteiger partial charge in [-0.25, -0.2) is 0 Å². The molecule has 1 aliphatic heterocycles. The number of rotatable bonds is 6. The lowest BCUT2D eigenvalue weighted by atomic mass is 9.98. The maximum absolute atomic E-state index is 5.77. The minimum absolute atomic E-state index is 0.560. The van der Waals surface area contributed by atoms with Gasteiger partial charge in [-0.1, -0.05) is 19.9 Å². The average Bonchev–Trinajstić information content (AvgIpc) is 2.43. The zero-order valence-electron chi connectivity index (χ0n) is 13.1. The molecule has 1 aromatic carbocycles. The summed E-state index contributed by atoms with van der Waals surface area (Å²) < 4.78 is 5.77. The van der Waals surface area contributed by atoms with Crippen molar-refractivity contribution in [1.82, 2.24) is 4.90 Å². The number of benzene rings is 1. The SMILES string of the molecule is CC(C)COc1cccc(NCC2CCCN(C)C2)c1. The van der Waals surface area contributed by atoms with Gasteiger partial charge >= 0.3 is 0 Å². The fourth-order valence-electron chi connectivity index (χ4n) is 2.66. The van der Waals surface area contributed by atoms with E-state index in [1.165, 1.54) is 31.6 Å². The summed E-state index contributed by atoms with van der Waals surface area (Å²) in [5.41, 5.74) is 1.17. The van der Waals surface area contributed by atoms with E-state index >= 15 is 0 Å². The summed E-state index contributed by atoms with van der Waals surface area (Å²) in [6.45, 7) is 8.61. The molecule has 0 amide bonds. The highest BCUT2D eigenvalue weighted by Gasteiger charge is 2.16. The van der Waals surface area contributed by atoms with Crippen LogP contribution in [0.3, 0.4) is 0 Å². The van der Waals surface area contributed by atoms with E-state index in [2.05, 4.69) is 49.3 Å². The molecule has 1 saturated heterocycles. The van der Waals surface area contributed by atoms with Crippen LogP contribution in [0.2, 0.25) is 0 Å². The molecule has 0 bridgehead atoms. The quantitative estimate of drug-likeness (QED) is 0.861. The van der Waals surface area contributed by atoms with E-state index in [0.29, 0.717) is 5.92 Å². The largest absolute Gasteiger partial charge is 0.493 e. The van der Waals surface area contributed by atoms with E-state index in [9.17, 15) is 0 Å². The zero-order valence-corrected chi connectivity index (χ0v) is 13.1. The first-order chi connectivity index (χ1) is 9.63. The van der Waals surface area contributed by atoms with Crippen LogP contribution in [0, 0.1) is 11.8 Å². The maximum Gasteiger partial charge on any atom is 0.121 e. The Kier molecular flexibility index (Phi) is 5.72. The second-order valence-corrected chi connectivity index (χ2v) is 6.38. The van der Waals surface area contributed by atoms with Crippen LogP contribution in [-0.2, 0) is 0 Å². The molecule has 0 aliphatic carbocycles. The van der Waals surface area contributed by atoms with Crippen molar-refractivity contribution in [3.05, 3.63) is 24.3 Å². The van der Waals surface area contributed by atoms with Gasteiger partial charge in [0.05, 0.1) is 6.61 Å². The number of piperidine rings is 1. The molecule has 0 saturated carbocycles. The second kappa shape index (κ2) is 7.53.